The van der Waals surface area contributed by atoms with E-state index in [9.17, 15) is 0 Å². The Balaban J connectivity index is 2.95. The summed E-state index contributed by atoms with van der Waals surface area (Å²) in [5.74, 6) is 0. The number of H-pyrrole nitrogens is 1. The van der Waals surface area contributed by atoms with E-state index in [1.807, 2.05) is 6.07 Å². The second kappa shape index (κ2) is 1.91. The number of nitrogens with one attached hydrogen (secondary N) is 1. The number of hydrogen-bond donors (Lipinski definition) is 1. The SMILES string of the molecule is [S-]c1ncnc2[nH]ccc12. The van der Waals surface area contributed by atoms with Gasteiger partial charge in [-0.1, -0.05) is 5.03 Å². The fourth-order valence-electron chi connectivity index (χ4n) is 0.849. The zero-order chi connectivity index (χ0) is 6.97. The van der Waals surface area contributed by atoms with Crippen molar-refractivity contribution in [1.29, 1.82) is 0 Å². The molecule has 0 amide bonds. The van der Waals surface area contributed by atoms with Crippen molar-refractivity contribution in [2.24, 2.45) is 0 Å². The molecule has 0 unspecified atom stereocenters. The van der Waals surface area contributed by atoms with Crippen LogP contribution in [0, 0.1) is 0 Å². The van der Waals surface area contributed by atoms with Gasteiger partial charge in [-0.2, -0.15) is 0 Å². The van der Waals surface area contributed by atoms with E-state index in [4.69, 9.17) is 12.6 Å². The maximum Gasteiger partial charge on any atom is 0.139 e. The fourth-order valence-corrected chi connectivity index (χ4v) is 1.06. The van der Waals surface area contributed by atoms with Gasteiger partial charge < -0.3 is 17.6 Å². The van der Waals surface area contributed by atoms with Crippen molar-refractivity contribution < 1.29 is 0 Å². The highest BCUT2D eigenvalue weighted by Gasteiger charge is 1.91. The molecule has 4 heteroatoms. The molecule has 0 aromatic carbocycles. The molecule has 0 atom stereocenters. The Kier molecular flexibility index (Phi) is 1.07. The Morgan fingerprint density at radius 2 is 2.30 bits per heavy atom. The predicted octanol–water partition coefficient (Wildman–Crippen LogP) is 0.864. The van der Waals surface area contributed by atoms with Crippen LogP contribution in [0.5, 0.6) is 0 Å². The standard InChI is InChI=1S/C6H5N3S/c10-6-4-1-2-7-5(4)8-3-9-6/h1-3H,(H2,7,8,9,10)/p-1. The highest BCUT2D eigenvalue weighted by molar-refractivity contribution is 7.59. The van der Waals surface area contributed by atoms with E-state index in [1.165, 1.54) is 6.33 Å². The Morgan fingerprint density at radius 1 is 1.40 bits per heavy atom. The molecule has 0 fully saturated rings. The van der Waals surface area contributed by atoms with Crippen molar-refractivity contribution in [2.45, 2.75) is 5.03 Å². The summed E-state index contributed by atoms with van der Waals surface area (Å²) in [6, 6.07) is 1.87. The van der Waals surface area contributed by atoms with Crippen LogP contribution in [0.2, 0.25) is 0 Å². The van der Waals surface area contributed by atoms with Crippen molar-refractivity contribution in [3.05, 3.63) is 18.6 Å². The number of aromatic nitrogens is 3. The second-order valence-corrected chi connectivity index (χ2v) is 2.31. The minimum Gasteiger partial charge on any atom is -0.759 e. The van der Waals surface area contributed by atoms with E-state index in [0.717, 1.165) is 11.0 Å². The summed E-state index contributed by atoms with van der Waals surface area (Å²) >= 11 is 4.94. The van der Waals surface area contributed by atoms with E-state index >= 15 is 0 Å². The summed E-state index contributed by atoms with van der Waals surface area (Å²) in [7, 11) is 0. The Bertz CT molecular complexity index is 355. The van der Waals surface area contributed by atoms with Crippen molar-refractivity contribution in [3.63, 3.8) is 0 Å². The van der Waals surface area contributed by atoms with Crippen LogP contribution in [-0.4, -0.2) is 15.0 Å². The molecular weight excluding hydrogens is 146 g/mol. The molecule has 10 heavy (non-hydrogen) atoms. The molecule has 0 aliphatic heterocycles. The summed E-state index contributed by atoms with van der Waals surface area (Å²) in [5.41, 5.74) is 0.806. The van der Waals surface area contributed by atoms with E-state index in [-0.39, 0.29) is 0 Å². The van der Waals surface area contributed by atoms with Gasteiger partial charge in [0.2, 0.25) is 0 Å². The zero-order valence-corrected chi connectivity index (χ0v) is 5.85. The Labute approximate surface area is 62.9 Å². The number of aromatic amines is 1. The summed E-state index contributed by atoms with van der Waals surface area (Å²) in [5, 5.41) is 1.52. The molecule has 0 radical (unpaired) electrons. The van der Waals surface area contributed by atoms with Gasteiger partial charge in [0.25, 0.3) is 0 Å². The molecule has 0 aliphatic rings. The normalized spacial score (nSPS) is 10.4. The zero-order valence-electron chi connectivity index (χ0n) is 5.03. The molecule has 3 nitrogen and oxygen atoms in total. The van der Waals surface area contributed by atoms with Gasteiger partial charge in [0, 0.05) is 11.6 Å². The summed E-state index contributed by atoms with van der Waals surface area (Å²) in [4.78, 5) is 10.8. The third-order valence-corrected chi connectivity index (χ3v) is 1.64. The van der Waals surface area contributed by atoms with Crippen LogP contribution >= 0.6 is 0 Å². The third-order valence-electron chi connectivity index (χ3n) is 1.32. The topological polar surface area (TPSA) is 41.6 Å². The van der Waals surface area contributed by atoms with Gasteiger partial charge in [-0.05, 0) is 6.07 Å². The molecule has 2 heterocycles. The Hall–Kier alpha value is -1.16. The first-order valence-electron chi connectivity index (χ1n) is 2.83. The average Bonchev–Trinajstić information content (AvgIpc) is 2.36. The van der Waals surface area contributed by atoms with Gasteiger partial charge in [-0.25, -0.2) is 4.98 Å². The number of rotatable bonds is 0. The first-order chi connectivity index (χ1) is 4.88. The highest BCUT2D eigenvalue weighted by atomic mass is 32.1. The van der Waals surface area contributed by atoms with Crippen LogP contribution in [0.1, 0.15) is 0 Å². The lowest BCUT2D eigenvalue weighted by Crippen LogP contribution is -1.82. The first-order valence-corrected chi connectivity index (χ1v) is 3.24. The molecule has 0 spiro atoms. The van der Waals surface area contributed by atoms with E-state index < -0.39 is 0 Å². The lowest BCUT2D eigenvalue weighted by Gasteiger charge is -2.02. The number of fused-ring (bicyclic) bond motifs is 1. The molecule has 2 aromatic heterocycles. The van der Waals surface area contributed by atoms with Gasteiger partial charge in [0.05, 0.1) is 0 Å². The van der Waals surface area contributed by atoms with E-state index in [0.29, 0.717) is 5.03 Å². The van der Waals surface area contributed by atoms with Gasteiger partial charge in [-0.15, -0.1) is 0 Å². The quantitative estimate of drug-likeness (QED) is 0.447. The van der Waals surface area contributed by atoms with Gasteiger partial charge in [-0.3, -0.25) is 4.98 Å². The summed E-state index contributed by atoms with van der Waals surface area (Å²) in [6.07, 6.45) is 3.26. The summed E-state index contributed by atoms with van der Waals surface area (Å²) in [6.45, 7) is 0. The van der Waals surface area contributed by atoms with Gasteiger partial charge in [0.15, 0.2) is 0 Å². The number of hydrogen-bond acceptors (Lipinski definition) is 3. The molecule has 50 valence electrons. The minimum atomic E-state index is 0.603. The largest absolute Gasteiger partial charge is 0.759 e. The molecule has 1 N–H and O–H groups in total. The van der Waals surface area contributed by atoms with Crippen LogP contribution in [0.25, 0.3) is 11.0 Å². The number of nitrogens with zero attached hydrogens (tertiary/aromatic N) is 2. The highest BCUT2D eigenvalue weighted by Crippen LogP contribution is 2.10. The third kappa shape index (κ3) is 0.657. The lowest BCUT2D eigenvalue weighted by atomic mass is 10.4. The van der Waals surface area contributed by atoms with Crippen LogP contribution in [-0.2, 0) is 12.6 Å². The van der Waals surface area contributed by atoms with Crippen LogP contribution < -0.4 is 0 Å². The molecule has 0 aliphatic carbocycles. The fraction of sp³-hybridized carbons (Fsp3) is 0. The van der Waals surface area contributed by atoms with E-state index in [1.54, 1.807) is 6.20 Å². The van der Waals surface area contributed by atoms with E-state index in [2.05, 4.69) is 15.0 Å². The first kappa shape index (κ1) is 5.61. The molecule has 2 rings (SSSR count). The molecule has 0 bridgehead atoms. The molecule has 0 saturated carbocycles. The van der Waals surface area contributed by atoms with Gasteiger partial charge >= 0.3 is 0 Å². The molecular formula is C6H4N3S-. The smallest absolute Gasteiger partial charge is 0.139 e. The van der Waals surface area contributed by atoms with Gasteiger partial charge in [0.1, 0.15) is 12.0 Å². The van der Waals surface area contributed by atoms with Crippen molar-refractivity contribution >= 4 is 23.7 Å². The van der Waals surface area contributed by atoms with Crippen LogP contribution in [0.4, 0.5) is 0 Å². The van der Waals surface area contributed by atoms with Crippen LogP contribution in [0.15, 0.2) is 23.6 Å². The monoisotopic (exact) mass is 150 g/mol. The maximum absolute atomic E-state index is 4.94. The van der Waals surface area contributed by atoms with Crippen molar-refractivity contribution in [1.82, 2.24) is 15.0 Å². The molecule has 2 aromatic rings. The van der Waals surface area contributed by atoms with Crippen LogP contribution in [0.3, 0.4) is 0 Å². The minimum absolute atomic E-state index is 0.603. The Morgan fingerprint density at radius 3 is 3.10 bits per heavy atom. The summed E-state index contributed by atoms with van der Waals surface area (Å²) < 4.78 is 0. The average molecular weight is 150 g/mol. The second-order valence-electron chi connectivity index (χ2n) is 1.92. The lowest BCUT2D eigenvalue weighted by molar-refractivity contribution is 1.10. The van der Waals surface area contributed by atoms with Crippen molar-refractivity contribution in [2.75, 3.05) is 0 Å². The maximum atomic E-state index is 4.94. The van der Waals surface area contributed by atoms with Crippen molar-refractivity contribution in [3.8, 4) is 0 Å². The predicted molar refractivity (Wildman–Crippen MR) is 39.5 cm³/mol. The molecule has 0 saturated heterocycles.